The second-order valence-electron chi connectivity index (χ2n) is 7.59. The lowest BCUT2D eigenvalue weighted by molar-refractivity contribution is 0.00170. The highest BCUT2D eigenvalue weighted by Gasteiger charge is 2.58. The molecule has 4 rings (SSSR count). The van der Waals surface area contributed by atoms with E-state index in [1.807, 2.05) is 0 Å². The van der Waals surface area contributed by atoms with E-state index in [-0.39, 0.29) is 0 Å². The molecule has 0 amide bonds. The van der Waals surface area contributed by atoms with Gasteiger partial charge >= 0.3 is 0 Å². The summed E-state index contributed by atoms with van der Waals surface area (Å²) in [7, 11) is 0. The molecule has 4 fully saturated rings. The minimum Gasteiger partial charge on any atom is -0.293 e. The summed E-state index contributed by atoms with van der Waals surface area (Å²) in [5.41, 5.74) is 0. The van der Waals surface area contributed by atoms with Crippen molar-refractivity contribution in [2.24, 2.45) is 5.92 Å². The minimum atomic E-state index is 0.488. The largest absolute Gasteiger partial charge is 0.293 e. The molecule has 0 aromatic carbocycles. The van der Waals surface area contributed by atoms with Crippen molar-refractivity contribution < 1.29 is 0 Å². The zero-order chi connectivity index (χ0) is 14.0. The predicted molar refractivity (Wildman–Crippen MR) is 100 cm³/mol. The first-order valence-electron chi connectivity index (χ1n) is 8.25. The maximum atomic E-state index is 3.00. The lowest BCUT2D eigenvalue weighted by Crippen LogP contribution is -2.64. The van der Waals surface area contributed by atoms with Gasteiger partial charge in [-0.15, -0.1) is 23.5 Å². The van der Waals surface area contributed by atoms with E-state index in [9.17, 15) is 0 Å². The topological polar surface area (TPSA) is 3.24 Å². The highest BCUT2D eigenvalue weighted by Crippen LogP contribution is 2.59. The van der Waals surface area contributed by atoms with E-state index < -0.39 is 0 Å². The van der Waals surface area contributed by atoms with Crippen LogP contribution >= 0.6 is 46.1 Å². The third kappa shape index (κ3) is 2.30. The van der Waals surface area contributed by atoms with Crippen molar-refractivity contribution in [3.8, 4) is 0 Å². The summed E-state index contributed by atoms with van der Waals surface area (Å²) in [5, 5.41) is 0. The fraction of sp³-hybridized carbons (Fsp3) is 1.00. The van der Waals surface area contributed by atoms with Gasteiger partial charge in [0.2, 0.25) is 0 Å². The molecule has 0 bridgehead atoms. The van der Waals surface area contributed by atoms with Crippen LogP contribution in [0.5, 0.6) is 0 Å². The van der Waals surface area contributed by atoms with Crippen molar-refractivity contribution in [3.05, 3.63) is 0 Å². The second kappa shape index (κ2) is 5.20. The molecular formula is C16H26INS2. The normalized spacial score (nSPS) is 51.1. The zero-order valence-corrected chi connectivity index (χ0v) is 16.4. The monoisotopic (exact) mass is 423 g/mol. The van der Waals surface area contributed by atoms with Crippen molar-refractivity contribution >= 4 is 46.1 Å². The van der Waals surface area contributed by atoms with Gasteiger partial charge in [0.05, 0.1) is 4.08 Å². The Bertz CT molecular complexity index is 394. The molecule has 0 aromatic rings. The average molecular weight is 423 g/mol. The van der Waals surface area contributed by atoms with Crippen LogP contribution in [0.4, 0.5) is 0 Å². The fourth-order valence-corrected chi connectivity index (χ4v) is 10.1. The Hall–Kier alpha value is 1.39. The van der Waals surface area contributed by atoms with E-state index >= 15 is 0 Å². The van der Waals surface area contributed by atoms with E-state index in [1.165, 1.54) is 50.0 Å². The van der Waals surface area contributed by atoms with Crippen molar-refractivity contribution in [1.29, 1.82) is 0 Å². The Labute approximate surface area is 145 Å². The highest BCUT2D eigenvalue weighted by atomic mass is 127. The van der Waals surface area contributed by atoms with Gasteiger partial charge in [-0.2, -0.15) is 0 Å². The quantitative estimate of drug-likeness (QED) is 0.408. The molecule has 114 valence electrons. The number of thioether (sulfide) groups is 2. The summed E-state index contributed by atoms with van der Waals surface area (Å²) >= 11 is 7.44. The molecule has 0 unspecified atom stereocenters. The SMILES string of the molecule is C[C@H]1C[C@](C)(I)[C@H]2CC3(C[C@H]4CC[C@H]1N42)SCCCS3. The van der Waals surface area contributed by atoms with Gasteiger partial charge in [-0.05, 0) is 62.9 Å². The van der Waals surface area contributed by atoms with Gasteiger partial charge in [0.1, 0.15) is 0 Å². The highest BCUT2D eigenvalue weighted by molar-refractivity contribution is 14.1. The molecule has 20 heavy (non-hydrogen) atoms. The van der Waals surface area contributed by atoms with E-state index in [2.05, 4.69) is 64.9 Å². The molecule has 4 saturated heterocycles. The van der Waals surface area contributed by atoms with Crippen molar-refractivity contribution in [1.82, 2.24) is 4.90 Å². The van der Waals surface area contributed by atoms with Crippen LogP contribution in [-0.2, 0) is 0 Å². The molecular weight excluding hydrogens is 397 g/mol. The van der Waals surface area contributed by atoms with E-state index in [0.717, 1.165) is 24.0 Å². The fourth-order valence-electron chi connectivity index (χ4n) is 5.32. The van der Waals surface area contributed by atoms with Crippen molar-refractivity contribution in [2.75, 3.05) is 11.5 Å². The summed E-state index contributed by atoms with van der Waals surface area (Å²) in [6.07, 6.45) is 8.71. The molecule has 4 heteroatoms. The van der Waals surface area contributed by atoms with E-state index in [0.29, 0.717) is 7.50 Å². The Morgan fingerprint density at radius 3 is 2.60 bits per heavy atom. The van der Waals surface area contributed by atoms with Gasteiger partial charge in [-0.25, -0.2) is 0 Å². The van der Waals surface area contributed by atoms with Gasteiger partial charge in [-0.1, -0.05) is 29.5 Å². The van der Waals surface area contributed by atoms with E-state index in [4.69, 9.17) is 0 Å². The Kier molecular flexibility index (Phi) is 3.89. The first-order valence-corrected chi connectivity index (χ1v) is 11.3. The van der Waals surface area contributed by atoms with Crippen LogP contribution in [0.1, 0.15) is 52.4 Å². The maximum Gasteiger partial charge on any atom is 0.0641 e. The molecule has 0 aliphatic carbocycles. The third-order valence-electron chi connectivity index (χ3n) is 6.10. The van der Waals surface area contributed by atoms with Crippen molar-refractivity contribution in [3.63, 3.8) is 0 Å². The molecule has 4 heterocycles. The molecule has 0 radical (unpaired) electrons. The molecule has 1 nitrogen and oxygen atoms in total. The minimum absolute atomic E-state index is 0.488. The van der Waals surface area contributed by atoms with Crippen molar-refractivity contribution in [2.45, 2.75) is 78.0 Å². The standard InChI is InChI=1S/C16H26INS2/c1-11-8-15(2,17)14-10-16(19-6-3-7-20-16)9-12-4-5-13(11)18(12)14/h11-14H,3-10H2,1-2H3/t11-,12+,13+,14+,15-/m0/s1. The average Bonchev–Trinajstić information content (AvgIpc) is 2.80. The smallest absolute Gasteiger partial charge is 0.0641 e. The number of halogens is 1. The summed E-state index contributed by atoms with van der Waals surface area (Å²) in [6, 6.07) is 2.64. The Balaban J connectivity index is 1.66. The maximum absolute atomic E-state index is 3.00. The summed E-state index contributed by atoms with van der Waals surface area (Å²) in [4.78, 5) is 3.00. The van der Waals surface area contributed by atoms with Crippen LogP contribution in [0.3, 0.4) is 0 Å². The summed E-state index contributed by atoms with van der Waals surface area (Å²) in [6.45, 7) is 5.05. The van der Waals surface area contributed by atoms with Crippen LogP contribution < -0.4 is 0 Å². The molecule has 1 spiro atoms. The Morgan fingerprint density at radius 2 is 1.85 bits per heavy atom. The first kappa shape index (κ1) is 14.9. The molecule has 4 aliphatic heterocycles. The molecule has 4 aliphatic rings. The number of nitrogens with zero attached hydrogens (tertiary/aromatic N) is 1. The van der Waals surface area contributed by atoms with E-state index in [1.54, 1.807) is 0 Å². The number of alkyl halides is 1. The predicted octanol–water partition coefficient (Wildman–Crippen LogP) is 4.78. The number of hydrogen-bond acceptors (Lipinski definition) is 3. The molecule has 0 saturated carbocycles. The number of rotatable bonds is 0. The second-order valence-corrected chi connectivity index (χ2v) is 13.3. The molecule has 5 atom stereocenters. The number of hydrogen-bond donors (Lipinski definition) is 0. The summed E-state index contributed by atoms with van der Waals surface area (Å²) < 4.78 is 1.06. The molecule has 0 N–H and O–H groups in total. The van der Waals surface area contributed by atoms with Crippen LogP contribution in [0.2, 0.25) is 0 Å². The first-order chi connectivity index (χ1) is 9.51. The zero-order valence-electron chi connectivity index (χ0n) is 12.6. The lowest BCUT2D eigenvalue weighted by atomic mass is 9.76. The van der Waals surface area contributed by atoms with Gasteiger partial charge in [-0.3, -0.25) is 4.90 Å². The summed E-state index contributed by atoms with van der Waals surface area (Å²) in [5.74, 6) is 3.72. The van der Waals surface area contributed by atoms with Gasteiger partial charge in [0, 0.05) is 21.5 Å². The van der Waals surface area contributed by atoms with Gasteiger partial charge < -0.3 is 0 Å². The number of piperidine rings is 2. The van der Waals surface area contributed by atoms with Crippen LogP contribution in [0.25, 0.3) is 0 Å². The third-order valence-corrected chi connectivity index (χ3v) is 10.7. The van der Waals surface area contributed by atoms with Crippen LogP contribution in [-0.4, -0.2) is 42.0 Å². The Morgan fingerprint density at radius 1 is 1.10 bits per heavy atom. The molecule has 0 aromatic heterocycles. The van der Waals surface area contributed by atoms with Gasteiger partial charge in [0.25, 0.3) is 0 Å². The lowest BCUT2D eigenvalue weighted by Gasteiger charge is -2.59. The van der Waals surface area contributed by atoms with Gasteiger partial charge in [0.15, 0.2) is 0 Å². The van der Waals surface area contributed by atoms with Crippen LogP contribution in [0.15, 0.2) is 0 Å². The van der Waals surface area contributed by atoms with Crippen LogP contribution in [0, 0.1) is 5.92 Å².